The van der Waals surface area contributed by atoms with Gasteiger partial charge in [0, 0.05) is 10.7 Å². The van der Waals surface area contributed by atoms with E-state index in [-0.39, 0.29) is 18.1 Å². The molecular formula is C12H16ClFO5S2. The molecule has 1 aromatic rings. The average Bonchev–Trinajstić information content (AvgIpc) is 2.28. The summed E-state index contributed by atoms with van der Waals surface area (Å²) in [5.74, 6) is -1.43. The van der Waals surface area contributed by atoms with Crippen LogP contribution in [-0.2, 0) is 18.9 Å². The van der Waals surface area contributed by atoms with Crippen LogP contribution in [0.1, 0.15) is 20.8 Å². The summed E-state index contributed by atoms with van der Waals surface area (Å²) in [6.45, 7) is 4.44. The molecule has 1 rings (SSSR count). The molecule has 0 unspecified atom stereocenters. The van der Waals surface area contributed by atoms with Crippen molar-refractivity contribution in [3.05, 3.63) is 24.0 Å². The van der Waals surface area contributed by atoms with Gasteiger partial charge >= 0.3 is 0 Å². The van der Waals surface area contributed by atoms with E-state index in [1.165, 1.54) is 0 Å². The van der Waals surface area contributed by atoms with Gasteiger partial charge in [0.05, 0.1) is 15.4 Å². The molecule has 0 fully saturated rings. The molecule has 0 bridgehead atoms. The summed E-state index contributed by atoms with van der Waals surface area (Å²) in [5, 5.41) is 0. The standard InChI is InChI=1S/C12H16ClFO5S2/c1-12(2,3)20(15,16)7-6-19-11-5-4-9(8-10(11)14)21(13,17)18/h4-5,8H,6-7H2,1-3H3. The SMILES string of the molecule is CC(C)(C)S(=O)(=O)CCOc1ccc(S(=O)(=O)Cl)cc1F. The first kappa shape index (κ1) is 18.2. The van der Waals surface area contributed by atoms with Crippen LogP contribution in [0.5, 0.6) is 5.75 Å². The zero-order valence-corrected chi connectivity index (χ0v) is 14.1. The molecule has 0 N–H and O–H groups in total. The first-order chi connectivity index (χ1) is 9.34. The maximum atomic E-state index is 13.6. The number of rotatable bonds is 5. The van der Waals surface area contributed by atoms with Gasteiger partial charge in [0.25, 0.3) is 9.05 Å². The van der Waals surface area contributed by atoms with Crippen LogP contribution >= 0.6 is 10.7 Å². The van der Waals surface area contributed by atoms with E-state index in [2.05, 4.69) is 0 Å². The molecule has 0 spiro atoms. The van der Waals surface area contributed by atoms with E-state index in [0.717, 1.165) is 18.2 Å². The lowest BCUT2D eigenvalue weighted by Gasteiger charge is -2.19. The monoisotopic (exact) mass is 358 g/mol. The summed E-state index contributed by atoms with van der Waals surface area (Å²) in [7, 11) is -2.32. The molecule has 0 aliphatic carbocycles. The lowest BCUT2D eigenvalue weighted by atomic mass is 10.3. The van der Waals surface area contributed by atoms with E-state index in [0.29, 0.717) is 0 Å². The molecule has 0 saturated heterocycles. The lowest BCUT2D eigenvalue weighted by Crippen LogP contribution is -2.32. The third-order valence-electron chi connectivity index (χ3n) is 2.73. The molecule has 0 amide bonds. The molecule has 0 atom stereocenters. The maximum Gasteiger partial charge on any atom is 0.261 e. The highest BCUT2D eigenvalue weighted by molar-refractivity contribution is 8.13. The van der Waals surface area contributed by atoms with Gasteiger partial charge in [0.1, 0.15) is 6.61 Å². The Morgan fingerprint density at radius 3 is 2.19 bits per heavy atom. The van der Waals surface area contributed by atoms with E-state index in [9.17, 15) is 21.2 Å². The molecule has 5 nitrogen and oxygen atoms in total. The van der Waals surface area contributed by atoms with Gasteiger partial charge in [-0.2, -0.15) is 0 Å². The topological polar surface area (TPSA) is 77.5 Å². The second kappa shape index (κ2) is 6.10. The fourth-order valence-corrected chi connectivity index (χ4v) is 3.00. The summed E-state index contributed by atoms with van der Waals surface area (Å²) < 4.78 is 63.5. The molecule has 0 aromatic heterocycles. The number of ether oxygens (including phenoxy) is 1. The maximum absolute atomic E-state index is 13.6. The van der Waals surface area contributed by atoms with Gasteiger partial charge in [-0.1, -0.05) is 0 Å². The van der Waals surface area contributed by atoms with Crippen LogP contribution in [-0.4, -0.2) is 33.9 Å². The fraction of sp³-hybridized carbons (Fsp3) is 0.500. The number of hydrogen-bond acceptors (Lipinski definition) is 5. The average molecular weight is 359 g/mol. The molecule has 120 valence electrons. The zero-order chi connectivity index (χ0) is 16.5. The van der Waals surface area contributed by atoms with E-state index in [4.69, 9.17) is 15.4 Å². The van der Waals surface area contributed by atoms with Crippen LogP contribution in [0.25, 0.3) is 0 Å². The van der Waals surface area contributed by atoms with Crippen LogP contribution in [0.2, 0.25) is 0 Å². The van der Waals surface area contributed by atoms with Gasteiger partial charge in [0.2, 0.25) is 0 Å². The number of hydrogen-bond donors (Lipinski definition) is 0. The Morgan fingerprint density at radius 2 is 1.76 bits per heavy atom. The Bertz CT molecular complexity index is 721. The van der Waals surface area contributed by atoms with Crippen molar-refractivity contribution in [2.45, 2.75) is 30.4 Å². The Labute approximate surface area is 128 Å². The Balaban J connectivity index is 2.79. The Morgan fingerprint density at radius 1 is 1.19 bits per heavy atom. The van der Waals surface area contributed by atoms with Crippen molar-refractivity contribution in [3.8, 4) is 5.75 Å². The van der Waals surface area contributed by atoms with Crippen molar-refractivity contribution < 1.29 is 26.0 Å². The Kier molecular flexibility index (Phi) is 5.28. The second-order valence-corrected chi connectivity index (χ2v) is 10.7. The molecule has 21 heavy (non-hydrogen) atoms. The molecule has 0 saturated carbocycles. The van der Waals surface area contributed by atoms with Gasteiger partial charge in [0.15, 0.2) is 21.4 Å². The van der Waals surface area contributed by atoms with E-state index < -0.39 is 34.3 Å². The first-order valence-electron chi connectivity index (χ1n) is 5.94. The smallest absolute Gasteiger partial charge is 0.261 e. The molecular weight excluding hydrogens is 343 g/mol. The summed E-state index contributed by atoms with van der Waals surface area (Å²) in [5.41, 5.74) is 0. The van der Waals surface area contributed by atoms with Gasteiger partial charge in [-0.15, -0.1) is 0 Å². The third kappa shape index (κ3) is 4.82. The van der Waals surface area contributed by atoms with Crippen LogP contribution in [0.3, 0.4) is 0 Å². The first-order valence-corrected chi connectivity index (χ1v) is 9.90. The normalized spacial score (nSPS) is 13.2. The second-order valence-electron chi connectivity index (χ2n) is 5.31. The third-order valence-corrected chi connectivity index (χ3v) is 6.65. The highest BCUT2D eigenvalue weighted by atomic mass is 35.7. The predicted molar refractivity (Wildman–Crippen MR) is 78.5 cm³/mol. The molecule has 0 aliphatic heterocycles. The van der Waals surface area contributed by atoms with Crippen molar-refractivity contribution in [3.63, 3.8) is 0 Å². The summed E-state index contributed by atoms with van der Waals surface area (Å²) in [6.07, 6.45) is 0. The lowest BCUT2D eigenvalue weighted by molar-refractivity contribution is 0.321. The highest BCUT2D eigenvalue weighted by Crippen LogP contribution is 2.23. The van der Waals surface area contributed by atoms with Gasteiger partial charge in [-0.3, -0.25) is 0 Å². The summed E-state index contributed by atoms with van der Waals surface area (Å²) in [6, 6.07) is 2.89. The minimum absolute atomic E-state index is 0.233. The van der Waals surface area contributed by atoms with Crippen LogP contribution in [0.4, 0.5) is 4.39 Å². The van der Waals surface area contributed by atoms with Crippen molar-refractivity contribution in [1.29, 1.82) is 0 Å². The number of benzene rings is 1. The quantitative estimate of drug-likeness (QED) is 0.755. The van der Waals surface area contributed by atoms with Crippen molar-refractivity contribution in [1.82, 2.24) is 0 Å². The van der Waals surface area contributed by atoms with Crippen molar-refractivity contribution >= 4 is 29.6 Å². The van der Waals surface area contributed by atoms with Crippen molar-refractivity contribution in [2.75, 3.05) is 12.4 Å². The van der Waals surface area contributed by atoms with E-state index in [1.54, 1.807) is 20.8 Å². The van der Waals surface area contributed by atoms with E-state index in [1.807, 2.05) is 0 Å². The van der Waals surface area contributed by atoms with Gasteiger partial charge in [-0.05, 0) is 39.0 Å². The minimum Gasteiger partial charge on any atom is -0.489 e. The molecule has 1 aromatic carbocycles. The van der Waals surface area contributed by atoms with Crippen LogP contribution < -0.4 is 4.74 Å². The molecule has 0 heterocycles. The fourth-order valence-electron chi connectivity index (χ4n) is 1.32. The van der Waals surface area contributed by atoms with Crippen molar-refractivity contribution in [2.24, 2.45) is 0 Å². The molecule has 0 aliphatic rings. The zero-order valence-electron chi connectivity index (χ0n) is 11.8. The van der Waals surface area contributed by atoms with Crippen LogP contribution in [0, 0.1) is 5.82 Å². The minimum atomic E-state index is -4.02. The Hall–Kier alpha value is -0.860. The van der Waals surface area contributed by atoms with E-state index >= 15 is 0 Å². The van der Waals surface area contributed by atoms with Gasteiger partial charge in [-0.25, -0.2) is 21.2 Å². The molecule has 9 heteroatoms. The number of halogens is 2. The summed E-state index contributed by atoms with van der Waals surface area (Å²) >= 11 is 0. The van der Waals surface area contributed by atoms with Crippen LogP contribution in [0.15, 0.2) is 23.1 Å². The molecule has 0 radical (unpaired) electrons. The number of sulfone groups is 1. The predicted octanol–water partition coefficient (Wildman–Crippen LogP) is 2.35. The largest absolute Gasteiger partial charge is 0.489 e. The highest BCUT2D eigenvalue weighted by Gasteiger charge is 2.28. The summed E-state index contributed by atoms with van der Waals surface area (Å²) in [4.78, 5) is -0.392. The van der Waals surface area contributed by atoms with Gasteiger partial charge < -0.3 is 4.74 Å².